The molecule has 0 aromatic carbocycles. The van der Waals surface area contributed by atoms with Gasteiger partial charge in [0.2, 0.25) is 0 Å². The topological polar surface area (TPSA) is 66.8 Å². The number of aliphatic carboxylic acids is 1. The molecule has 0 aliphatic heterocycles. The van der Waals surface area contributed by atoms with Gasteiger partial charge in [-0.2, -0.15) is 0 Å². The van der Waals surface area contributed by atoms with Crippen LogP contribution in [0.4, 0.5) is 0 Å². The van der Waals surface area contributed by atoms with Crippen molar-refractivity contribution >= 4 is 5.97 Å². The van der Waals surface area contributed by atoms with Crippen LogP contribution in [-0.2, 0) is 9.53 Å². The molecule has 0 aromatic rings. The summed E-state index contributed by atoms with van der Waals surface area (Å²) in [5.41, 5.74) is -1.36. The second-order valence-corrected chi connectivity index (χ2v) is 4.35. The van der Waals surface area contributed by atoms with Crippen LogP contribution in [0.1, 0.15) is 34.1 Å². The molecule has 4 heteroatoms. The first kappa shape index (κ1) is 18.1. The van der Waals surface area contributed by atoms with Crippen LogP contribution in [0.3, 0.4) is 0 Å². The quantitative estimate of drug-likeness (QED) is 0.583. The van der Waals surface area contributed by atoms with Crippen LogP contribution in [0.15, 0.2) is 12.2 Å². The monoisotopic (exact) mass is 242 g/mol. The van der Waals surface area contributed by atoms with Gasteiger partial charge in [0.1, 0.15) is 5.60 Å². The van der Waals surface area contributed by atoms with Crippen molar-refractivity contribution in [2.45, 2.75) is 45.3 Å². The maximum absolute atomic E-state index is 9.46. The number of methoxy groups -OCH3 is 1. The molecular weight excluding hydrogens is 220 g/mol. The number of hydrogen-bond donors (Lipinski definition) is 2. The van der Waals surface area contributed by atoms with Gasteiger partial charge in [0.05, 0.1) is 5.60 Å². The van der Waals surface area contributed by atoms with Crippen molar-refractivity contribution in [1.29, 1.82) is 0 Å². The highest BCUT2D eigenvalue weighted by molar-refractivity contribution is 5.62. The van der Waals surface area contributed by atoms with Gasteiger partial charge in [0, 0.05) is 20.5 Å². The lowest BCUT2D eigenvalue weighted by Gasteiger charge is -2.19. The molecule has 0 heterocycles. The first-order valence-electron chi connectivity index (χ1n) is 5.19. The van der Waals surface area contributed by atoms with Gasteiger partial charge in [-0.05, 0) is 20.8 Å². The number of hydrogen-bond acceptors (Lipinski definition) is 3. The van der Waals surface area contributed by atoms with Crippen molar-refractivity contribution in [3.8, 4) is 12.3 Å². The Morgan fingerprint density at radius 3 is 2.18 bits per heavy atom. The third kappa shape index (κ3) is 14.7. The van der Waals surface area contributed by atoms with Gasteiger partial charge in [-0.25, -0.2) is 0 Å². The molecule has 0 spiro atoms. The number of carboxylic acids is 1. The third-order valence-corrected chi connectivity index (χ3v) is 1.87. The molecule has 0 aromatic heterocycles. The minimum Gasteiger partial charge on any atom is -0.481 e. The van der Waals surface area contributed by atoms with Crippen LogP contribution < -0.4 is 0 Å². The molecule has 0 saturated carbocycles. The van der Waals surface area contributed by atoms with Crippen molar-refractivity contribution in [3.63, 3.8) is 0 Å². The van der Waals surface area contributed by atoms with Crippen LogP contribution in [0.25, 0.3) is 0 Å². The highest BCUT2D eigenvalue weighted by atomic mass is 16.5. The Morgan fingerprint density at radius 2 is 1.88 bits per heavy atom. The smallest absolute Gasteiger partial charge is 0.300 e. The van der Waals surface area contributed by atoms with E-state index >= 15 is 0 Å². The molecule has 1 atom stereocenters. The van der Waals surface area contributed by atoms with E-state index in [1.807, 2.05) is 26.0 Å². The second-order valence-electron chi connectivity index (χ2n) is 4.35. The summed E-state index contributed by atoms with van der Waals surface area (Å²) in [6.45, 7) is 6.57. The van der Waals surface area contributed by atoms with E-state index in [4.69, 9.17) is 21.1 Å². The lowest BCUT2D eigenvalue weighted by molar-refractivity contribution is -0.134. The lowest BCUT2D eigenvalue weighted by atomic mass is 10.0. The van der Waals surface area contributed by atoms with E-state index in [1.165, 1.54) is 0 Å². The summed E-state index contributed by atoms with van der Waals surface area (Å²) in [6, 6.07) is 0. The highest BCUT2D eigenvalue weighted by Gasteiger charge is 2.15. The Labute approximate surface area is 103 Å². The Hall–Kier alpha value is -1.31. The normalized spacial score (nSPS) is 14.4. The van der Waals surface area contributed by atoms with Gasteiger partial charge in [0.15, 0.2) is 0 Å². The third-order valence-electron chi connectivity index (χ3n) is 1.87. The van der Waals surface area contributed by atoms with Crippen LogP contribution in [-0.4, -0.2) is 34.5 Å². The molecule has 0 bridgehead atoms. The van der Waals surface area contributed by atoms with Gasteiger partial charge in [-0.15, -0.1) is 6.42 Å². The number of carbonyl (C=O) groups is 1. The molecule has 0 amide bonds. The van der Waals surface area contributed by atoms with E-state index in [9.17, 15) is 5.11 Å². The maximum atomic E-state index is 9.46. The Bertz CT molecular complexity index is 291. The Kier molecular flexibility index (Phi) is 8.38. The first-order valence-corrected chi connectivity index (χ1v) is 5.19. The molecule has 0 rings (SSSR count). The van der Waals surface area contributed by atoms with E-state index < -0.39 is 11.6 Å². The van der Waals surface area contributed by atoms with E-state index in [1.54, 1.807) is 14.0 Å². The van der Waals surface area contributed by atoms with E-state index in [0.29, 0.717) is 6.42 Å². The first-order chi connectivity index (χ1) is 7.56. The summed E-state index contributed by atoms with van der Waals surface area (Å²) in [5, 5.41) is 16.9. The molecule has 98 valence electrons. The van der Waals surface area contributed by atoms with Crippen LogP contribution in [0.5, 0.6) is 0 Å². The largest absolute Gasteiger partial charge is 0.481 e. The molecule has 4 nitrogen and oxygen atoms in total. The van der Waals surface area contributed by atoms with Crippen LogP contribution >= 0.6 is 0 Å². The molecule has 0 aliphatic carbocycles. The van der Waals surface area contributed by atoms with Gasteiger partial charge >= 0.3 is 0 Å². The predicted octanol–water partition coefficient (Wildman–Crippen LogP) is 1.83. The van der Waals surface area contributed by atoms with Gasteiger partial charge < -0.3 is 14.9 Å². The zero-order valence-corrected chi connectivity index (χ0v) is 11.2. The molecular formula is C13H22O4. The molecule has 0 aliphatic rings. The number of ether oxygens (including phenoxy) is 1. The summed E-state index contributed by atoms with van der Waals surface area (Å²) >= 11 is 0. The van der Waals surface area contributed by atoms with Gasteiger partial charge in [0.25, 0.3) is 5.97 Å². The minimum atomic E-state index is -1.06. The minimum absolute atomic E-state index is 0.301. The summed E-state index contributed by atoms with van der Waals surface area (Å²) < 4.78 is 5.17. The zero-order valence-electron chi connectivity index (χ0n) is 11.2. The highest BCUT2D eigenvalue weighted by Crippen LogP contribution is 2.13. The molecule has 2 N–H and O–H groups in total. The maximum Gasteiger partial charge on any atom is 0.300 e. The van der Waals surface area contributed by atoms with Crippen molar-refractivity contribution in [3.05, 3.63) is 12.2 Å². The van der Waals surface area contributed by atoms with Gasteiger partial charge in [-0.1, -0.05) is 18.1 Å². The average molecular weight is 242 g/mol. The van der Waals surface area contributed by atoms with E-state index in [-0.39, 0.29) is 5.60 Å². The fourth-order valence-corrected chi connectivity index (χ4v) is 0.699. The molecule has 17 heavy (non-hydrogen) atoms. The molecule has 0 saturated heterocycles. The molecule has 1 unspecified atom stereocenters. The van der Waals surface area contributed by atoms with E-state index in [2.05, 4.69) is 5.92 Å². The molecule has 0 radical (unpaired) electrons. The van der Waals surface area contributed by atoms with E-state index in [0.717, 1.165) is 6.92 Å². The Balaban J connectivity index is 0. The number of carboxylic acid groups (broad SMARTS) is 1. The van der Waals surface area contributed by atoms with Crippen molar-refractivity contribution in [2.24, 2.45) is 0 Å². The molecule has 0 fully saturated rings. The fraction of sp³-hybridized carbons (Fsp3) is 0.615. The van der Waals surface area contributed by atoms with Crippen molar-refractivity contribution < 1.29 is 19.7 Å². The average Bonchev–Trinajstić information content (AvgIpc) is 2.16. The summed E-state index contributed by atoms with van der Waals surface area (Å²) in [7, 11) is 1.64. The number of rotatable bonds is 4. The van der Waals surface area contributed by atoms with Crippen molar-refractivity contribution in [1.82, 2.24) is 0 Å². The second kappa shape index (κ2) is 7.88. The van der Waals surface area contributed by atoms with Gasteiger partial charge in [-0.3, -0.25) is 4.79 Å². The summed E-state index contributed by atoms with van der Waals surface area (Å²) in [6.07, 6.45) is 9.29. The fourth-order valence-electron chi connectivity index (χ4n) is 0.699. The SMILES string of the molecule is C#CC(C)(O)CC=CC(C)(C)OC.CC(=O)O. The zero-order chi connectivity index (χ0) is 14.1. The number of terminal acetylenes is 1. The van der Waals surface area contributed by atoms with Crippen molar-refractivity contribution in [2.75, 3.05) is 7.11 Å². The predicted molar refractivity (Wildman–Crippen MR) is 67.6 cm³/mol. The Morgan fingerprint density at radius 1 is 1.47 bits per heavy atom. The standard InChI is InChI=1S/C11H18O2.C2H4O2/c1-6-11(4,12)9-7-8-10(2,3)13-5;1-2(3)4/h1,7-8,12H,9H2,2-5H3;1H3,(H,3,4). The number of aliphatic hydroxyl groups is 1. The van der Waals surface area contributed by atoms with Crippen LogP contribution in [0, 0.1) is 12.3 Å². The van der Waals surface area contributed by atoms with Crippen LogP contribution in [0.2, 0.25) is 0 Å². The lowest BCUT2D eigenvalue weighted by Crippen LogP contribution is -2.22. The summed E-state index contributed by atoms with van der Waals surface area (Å²) in [5.74, 6) is 1.48. The summed E-state index contributed by atoms with van der Waals surface area (Å²) in [4.78, 5) is 9.00.